The van der Waals surface area contributed by atoms with Gasteiger partial charge in [0, 0.05) is 45.8 Å². The smallest absolute Gasteiger partial charge is 0.213 e. The van der Waals surface area contributed by atoms with Gasteiger partial charge in [-0.1, -0.05) is 13.3 Å². The minimum absolute atomic E-state index is 0.145. The van der Waals surface area contributed by atoms with Crippen LogP contribution in [0.1, 0.15) is 52.9 Å². The normalized spacial score (nSPS) is 19.7. The lowest BCUT2D eigenvalue weighted by molar-refractivity contribution is 0.147. The highest BCUT2D eigenvalue weighted by atomic mass is 32.2. The van der Waals surface area contributed by atoms with Crippen LogP contribution in [-0.2, 0) is 10.0 Å². The summed E-state index contributed by atoms with van der Waals surface area (Å²) in [6.07, 6.45) is 5.92. The molecule has 2 N–H and O–H groups in total. The highest BCUT2D eigenvalue weighted by Gasteiger charge is 2.20. The van der Waals surface area contributed by atoms with E-state index >= 15 is 0 Å². The SMILES string of the molecule is CCNC(=NCCCN(C)S(=O)(=O)CC)NCCN1CCCCC1CC. The van der Waals surface area contributed by atoms with Gasteiger partial charge in [0.15, 0.2) is 5.96 Å². The van der Waals surface area contributed by atoms with Crippen molar-refractivity contribution < 1.29 is 8.42 Å². The molecule has 0 amide bonds. The van der Waals surface area contributed by atoms with Crippen molar-refractivity contribution in [3.05, 3.63) is 0 Å². The van der Waals surface area contributed by atoms with Crippen LogP contribution >= 0.6 is 0 Å². The van der Waals surface area contributed by atoms with E-state index in [2.05, 4.69) is 34.4 Å². The molecule has 0 aromatic heterocycles. The molecule has 1 unspecified atom stereocenters. The lowest BCUT2D eigenvalue weighted by atomic mass is 10.0. The van der Waals surface area contributed by atoms with E-state index in [4.69, 9.17) is 0 Å². The standard InChI is InChI=1S/C18H39N5O2S/c1-5-17-11-8-9-15-23(17)16-13-21-18(19-6-2)20-12-10-14-22(4)26(24,25)7-3/h17H,5-16H2,1-4H3,(H2,19,20,21). The summed E-state index contributed by atoms with van der Waals surface area (Å²) in [4.78, 5) is 7.16. The summed E-state index contributed by atoms with van der Waals surface area (Å²) in [6, 6.07) is 0.723. The number of guanidine groups is 1. The predicted octanol–water partition coefficient (Wildman–Crippen LogP) is 1.48. The molecule has 26 heavy (non-hydrogen) atoms. The number of rotatable bonds is 11. The van der Waals surface area contributed by atoms with E-state index in [9.17, 15) is 8.42 Å². The van der Waals surface area contributed by atoms with Gasteiger partial charge in [-0.15, -0.1) is 0 Å². The number of hydrogen-bond donors (Lipinski definition) is 2. The molecule has 0 aromatic rings. The Balaban J connectivity index is 2.36. The number of aliphatic imine (C=N–C) groups is 1. The van der Waals surface area contributed by atoms with Gasteiger partial charge in [0.25, 0.3) is 0 Å². The third-order valence-electron chi connectivity index (χ3n) is 5.00. The fraction of sp³-hybridized carbons (Fsp3) is 0.944. The molecule has 1 fully saturated rings. The molecule has 1 aliphatic heterocycles. The number of nitrogens with zero attached hydrogens (tertiary/aromatic N) is 3. The second-order valence-electron chi connectivity index (χ2n) is 6.86. The lowest BCUT2D eigenvalue weighted by Crippen LogP contribution is -2.46. The first-order valence-corrected chi connectivity index (χ1v) is 11.8. The molecule has 0 bridgehead atoms. The van der Waals surface area contributed by atoms with Crippen LogP contribution in [0.3, 0.4) is 0 Å². The Morgan fingerprint density at radius 2 is 2.00 bits per heavy atom. The van der Waals surface area contributed by atoms with Crippen LogP contribution < -0.4 is 10.6 Å². The van der Waals surface area contributed by atoms with Crippen LogP contribution in [0.25, 0.3) is 0 Å². The largest absolute Gasteiger partial charge is 0.357 e. The molecular formula is C18H39N5O2S. The molecule has 1 atom stereocenters. The lowest BCUT2D eigenvalue weighted by Gasteiger charge is -2.35. The first-order valence-electron chi connectivity index (χ1n) is 10.1. The van der Waals surface area contributed by atoms with Crippen molar-refractivity contribution in [2.24, 2.45) is 4.99 Å². The zero-order valence-electron chi connectivity index (χ0n) is 17.1. The minimum atomic E-state index is -3.10. The zero-order valence-corrected chi connectivity index (χ0v) is 17.9. The van der Waals surface area contributed by atoms with Crippen molar-refractivity contribution >= 4 is 16.0 Å². The maximum Gasteiger partial charge on any atom is 0.213 e. The molecule has 0 radical (unpaired) electrons. The summed E-state index contributed by atoms with van der Waals surface area (Å²) in [6.45, 7) is 11.1. The maximum atomic E-state index is 11.7. The van der Waals surface area contributed by atoms with Gasteiger partial charge in [-0.05, 0) is 46.1 Å². The van der Waals surface area contributed by atoms with Crippen molar-refractivity contribution in [1.29, 1.82) is 0 Å². The number of piperidine rings is 1. The van der Waals surface area contributed by atoms with Gasteiger partial charge >= 0.3 is 0 Å². The van der Waals surface area contributed by atoms with Crippen molar-refractivity contribution in [3.63, 3.8) is 0 Å². The molecule has 0 spiro atoms. The predicted molar refractivity (Wildman–Crippen MR) is 110 cm³/mol. The summed E-state index contributed by atoms with van der Waals surface area (Å²) >= 11 is 0. The molecule has 7 nitrogen and oxygen atoms in total. The first kappa shape index (κ1) is 23.2. The Labute approximate surface area is 160 Å². The first-order chi connectivity index (χ1) is 12.4. The van der Waals surface area contributed by atoms with Crippen LogP contribution in [0.5, 0.6) is 0 Å². The summed E-state index contributed by atoms with van der Waals surface area (Å²) < 4.78 is 24.9. The van der Waals surface area contributed by atoms with E-state index < -0.39 is 10.0 Å². The van der Waals surface area contributed by atoms with Gasteiger partial charge in [0.1, 0.15) is 0 Å². The molecule has 1 saturated heterocycles. The van der Waals surface area contributed by atoms with Crippen LogP contribution in [0.2, 0.25) is 0 Å². The molecule has 1 heterocycles. The van der Waals surface area contributed by atoms with Crippen molar-refractivity contribution in [2.45, 2.75) is 58.9 Å². The van der Waals surface area contributed by atoms with Gasteiger partial charge in [0.05, 0.1) is 5.75 Å². The van der Waals surface area contributed by atoms with Crippen LogP contribution in [0, 0.1) is 0 Å². The average Bonchev–Trinajstić information content (AvgIpc) is 2.65. The minimum Gasteiger partial charge on any atom is -0.357 e. The van der Waals surface area contributed by atoms with Gasteiger partial charge in [-0.3, -0.25) is 9.89 Å². The van der Waals surface area contributed by atoms with Crippen LogP contribution in [0.15, 0.2) is 4.99 Å². The Morgan fingerprint density at radius 1 is 1.23 bits per heavy atom. The van der Waals surface area contributed by atoms with E-state index in [0.29, 0.717) is 13.1 Å². The molecule has 1 aliphatic rings. The number of hydrogen-bond acceptors (Lipinski definition) is 4. The monoisotopic (exact) mass is 389 g/mol. The number of sulfonamides is 1. The summed E-state index contributed by atoms with van der Waals surface area (Å²) in [5.41, 5.74) is 0. The quantitative estimate of drug-likeness (QED) is 0.318. The highest BCUT2D eigenvalue weighted by molar-refractivity contribution is 7.89. The Hall–Kier alpha value is -0.860. The van der Waals surface area contributed by atoms with E-state index in [1.165, 1.54) is 36.5 Å². The summed E-state index contributed by atoms with van der Waals surface area (Å²) in [5.74, 6) is 0.963. The molecule has 8 heteroatoms. The van der Waals surface area contributed by atoms with Crippen molar-refractivity contribution in [1.82, 2.24) is 19.8 Å². The van der Waals surface area contributed by atoms with E-state index in [0.717, 1.165) is 38.1 Å². The van der Waals surface area contributed by atoms with Crippen molar-refractivity contribution in [2.75, 3.05) is 52.1 Å². The van der Waals surface area contributed by atoms with Gasteiger partial charge in [-0.2, -0.15) is 0 Å². The van der Waals surface area contributed by atoms with Crippen LogP contribution in [0.4, 0.5) is 0 Å². The Kier molecular flexibility index (Phi) is 11.2. The molecular weight excluding hydrogens is 350 g/mol. The second-order valence-corrected chi connectivity index (χ2v) is 9.22. The van der Waals surface area contributed by atoms with Crippen molar-refractivity contribution in [3.8, 4) is 0 Å². The highest BCUT2D eigenvalue weighted by Crippen LogP contribution is 2.18. The third-order valence-corrected chi connectivity index (χ3v) is 6.86. The maximum absolute atomic E-state index is 11.7. The van der Waals surface area contributed by atoms with Gasteiger partial charge < -0.3 is 10.6 Å². The Bertz CT molecular complexity index is 510. The number of nitrogens with one attached hydrogen (secondary N) is 2. The summed E-state index contributed by atoms with van der Waals surface area (Å²) in [5, 5.41) is 6.67. The third kappa shape index (κ3) is 8.22. The molecule has 154 valence electrons. The molecule has 0 aliphatic carbocycles. The molecule has 0 saturated carbocycles. The van der Waals surface area contributed by atoms with E-state index in [-0.39, 0.29) is 5.75 Å². The Morgan fingerprint density at radius 3 is 2.65 bits per heavy atom. The summed E-state index contributed by atoms with van der Waals surface area (Å²) in [7, 11) is -1.46. The topological polar surface area (TPSA) is 77.0 Å². The average molecular weight is 390 g/mol. The van der Waals surface area contributed by atoms with Gasteiger partial charge in [-0.25, -0.2) is 12.7 Å². The van der Waals surface area contributed by atoms with Crippen LogP contribution in [-0.4, -0.2) is 81.7 Å². The molecule has 1 rings (SSSR count). The fourth-order valence-electron chi connectivity index (χ4n) is 3.32. The van der Waals surface area contributed by atoms with E-state index in [1.54, 1.807) is 14.0 Å². The number of likely N-dealkylation sites (tertiary alicyclic amines) is 1. The van der Waals surface area contributed by atoms with Gasteiger partial charge in [0.2, 0.25) is 10.0 Å². The zero-order chi connectivity index (χ0) is 19.4. The fourth-order valence-corrected chi connectivity index (χ4v) is 4.17. The molecule has 0 aromatic carbocycles. The second kappa shape index (κ2) is 12.5. The van der Waals surface area contributed by atoms with E-state index in [1.807, 2.05) is 0 Å².